The third kappa shape index (κ3) is 11.1. The Morgan fingerprint density at radius 2 is 1.79 bits per heavy atom. The van der Waals surface area contributed by atoms with Gasteiger partial charge in [-0.2, -0.15) is 0 Å². The summed E-state index contributed by atoms with van der Waals surface area (Å²) in [4.78, 5) is 48.2. The lowest BCUT2D eigenvalue weighted by Crippen LogP contribution is -2.54. The fourth-order valence-corrected chi connectivity index (χ4v) is 8.60. The molecular weight excluding hydrogens is 764 g/mol. The molecule has 316 valence electrons. The van der Waals surface area contributed by atoms with Gasteiger partial charge in [0.1, 0.15) is 23.9 Å². The van der Waals surface area contributed by atoms with E-state index in [0.717, 1.165) is 12.8 Å². The Hall–Kier alpha value is -4.72. The summed E-state index contributed by atoms with van der Waals surface area (Å²) >= 11 is 0. The van der Waals surface area contributed by atoms with Crippen LogP contribution in [0.4, 0.5) is 4.39 Å². The molecule has 3 aromatic rings. The van der Waals surface area contributed by atoms with Gasteiger partial charge in [-0.05, 0) is 119 Å². The lowest BCUT2D eigenvalue weighted by Gasteiger charge is -2.27. The van der Waals surface area contributed by atoms with Crippen LogP contribution in [0.25, 0.3) is 22.0 Å². The highest BCUT2D eigenvalue weighted by Crippen LogP contribution is 2.42. The van der Waals surface area contributed by atoms with E-state index in [1.165, 1.54) is 11.0 Å². The lowest BCUT2D eigenvalue weighted by molar-refractivity contribution is -0.140. The maximum Gasteiger partial charge on any atom is 0.256 e. The van der Waals surface area contributed by atoms with Crippen LogP contribution in [0, 0.1) is 17.7 Å². The molecule has 2 aliphatic rings. The monoisotopic (exact) mass is 822 g/mol. The summed E-state index contributed by atoms with van der Waals surface area (Å²) in [6.45, 7) is 13.4. The molecule has 1 aromatic heterocycles. The number of sulfonamides is 1. The minimum Gasteiger partial charge on any atom is -0.497 e. The predicted octanol–water partition coefficient (Wildman–Crippen LogP) is 7.49. The van der Waals surface area contributed by atoms with E-state index >= 15 is 4.39 Å². The summed E-state index contributed by atoms with van der Waals surface area (Å²) in [5, 5.41) is 4.16. The molecule has 12 nitrogen and oxygen atoms in total. The van der Waals surface area contributed by atoms with Crippen LogP contribution in [0.2, 0.25) is 0 Å². The minimum absolute atomic E-state index is 0.0454. The Morgan fingerprint density at radius 1 is 1.05 bits per heavy atom. The number of ether oxygens (including phenoxy) is 3. The number of pyridine rings is 1. The van der Waals surface area contributed by atoms with Crippen molar-refractivity contribution in [1.29, 1.82) is 0 Å². The molecule has 1 saturated heterocycles. The number of benzene rings is 2. The van der Waals surface area contributed by atoms with Gasteiger partial charge < -0.3 is 24.4 Å². The molecule has 5 rings (SSSR count). The van der Waals surface area contributed by atoms with Gasteiger partial charge in [-0.1, -0.05) is 39.8 Å². The van der Waals surface area contributed by atoms with Crippen LogP contribution >= 0.6 is 0 Å². The summed E-state index contributed by atoms with van der Waals surface area (Å²) in [6.07, 6.45) is 6.26. The van der Waals surface area contributed by atoms with E-state index in [9.17, 15) is 22.8 Å². The SMILES string of the molecule is CC/C=C\CCC(NC(=O)C1CC(Oc2nc(-c3ccc(OC(C)C)c(F)c3)cc3cc(OC)ccc23)CN1C(=O)CC(C)CC(C)C)C(=O)NS(=O)(=O)C1(C)CC1. The second-order valence-electron chi connectivity index (χ2n) is 16.6. The van der Waals surface area contributed by atoms with Crippen LogP contribution in [0.3, 0.4) is 0 Å². The summed E-state index contributed by atoms with van der Waals surface area (Å²) in [5.41, 5.74) is 0.910. The van der Waals surface area contributed by atoms with Crippen molar-refractivity contribution in [3.63, 3.8) is 0 Å². The second kappa shape index (κ2) is 18.9. The number of amides is 3. The number of carbonyl (C=O) groups is 3. The molecule has 0 bridgehead atoms. The fraction of sp³-hybridized carbons (Fsp3) is 0.545. The number of allylic oxidation sites excluding steroid dienone is 2. The van der Waals surface area contributed by atoms with Crippen LogP contribution in [0.1, 0.15) is 99.8 Å². The van der Waals surface area contributed by atoms with Gasteiger partial charge in [-0.15, -0.1) is 0 Å². The normalized spacial score (nSPS) is 18.7. The molecule has 1 aliphatic heterocycles. The van der Waals surface area contributed by atoms with Crippen molar-refractivity contribution in [2.24, 2.45) is 11.8 Å². The maximum absolute atomic E-state index is 15.2. The van der Waals surface area contributed by atoms with Gasteiger partial charge in [-0.25, -0.2) is 17.8 Å². The van der Waals surface area contributed by atoms with Crippen molar-refractivity contribution in [2.75, 3.05) is 13.7 Å². The molecule has 2 heterocycles. The van der Waals surface area contributed by atoms with Gasteiger partial charge in [-0.3, -0.25) is 19.1 Å². The van der Waals surface area contributed by atoms with Crippen LogP contribution in [0.5, 0.6) is 17.4 Å². The van der Waals surface area contributed by atoms with E-state index in [-0.39, 0.29) is 55.4 Å². The van der Waals surface area contributed by atoms with E-state index in [1.807, 2.05) is 58.0 Å². The highest BCUT2D eigenvalue weighted by Gasteiger charge is 2.51. The molecule has 4 unspecified atom stereocenters. The average Bonchev–Trinajstić information content (AvgIpc) is 3.78. The maximum atomic E-state index is 15.2. The number of aromatic nitrogens is 1. The first-order valence-corrected chi connectivity index (χ1v) is 21.8. The summed E-state index contributed by atoms with van der Waals surface area (Å²) in [5.74, 6) is -0.821. The summed E-state index contributed by atoms with van der Waals surface area (Å²) in [6, 6.07) is 9.66. The number of likely N-dealkylation sites (tertiary alicyclic amines) is 1. The highest BCUT2D eigenvalue weighted by molar-refractivity contribution is 7.91. The zero-order valence-corrected chi connectivity index (χ0v) is 35.8. The molecule has 4 atom stereocenters. The Kier molecular flexibility index (Phi) is 14.5. The number of rotatable bonds is 19. The third-order valence-corrected chi connectivity index (χ3v) is 12.8. The van der Waals surface area contributed by atoms with Crippen molar-refractivity contribution < 1.29 is 41.4 Å². The average molecular weight is 823 g/mol. The molecule has 2 fully saturated rings. The first-order valence-electron chi connectivity index (χ1n) is 20.4. The number of nitrogens with one attached hydrogen (secondary N) is 2. The second-order valence-corrected chi connectivity index (χ2v) is 18.8. The van der Waals surface area contributed by atoms with E-state index in [4.69, 9.17) is 19.2 Å². The van der Waals surface area contributed by atoms with Gasteiger partial charge in [0.05, 0.1) is 30.2 Å². The van der Waals surface area contributed by atoms with Crippen LogP contribution < -0.4 is 24.2 Å². The molecule has 2 aromatic carbocycles. The van der Waals surface area contributed by atoms with Crippen molar-refractivity contribution in [1.82, 2.24) is 19.9 Å². The zero-order valence-electron chi connectivity index (χ0n) is 35.0. The summed E-state index contributed by atoms with van der Waals surface area (Å²) in [7, 11) is -2.40. The number of methoxy groups -OCH3 is 1. The van der Waals surface area contributed by atoms with Gasteiger partial charge in [0.2, 0.25) is 27.7 Å². The van der Waals surface area contributed by atoms with Crippen molar-refractivity contribution >= 4 is 38.5 Å². The predicted molar refractivity (Wildman–Crippen MR) is 223 cm³/mol. The molecule has 0 radical (unpaired) electrons. The van der Waals surface area contributed by atoms with E-state index in [1.54, 1.807) is 32.2 Å². The smallest absolute Gasteiger partial charge is 0.256 e. The molecule has 1 saturated carbocycles. The van der Waals surface area contributed by atoms with E-state index < -0.39 is 50.6 Å². The van der Waals surface area contributed by atoms with E-state index in [2.05, 4.69) is 23.9 Å². The number of hydrogen-bond donors (Lipinski definition) is 2. The number of halogens is 1. The van der Waals surface area contributed by atoms with Gasteiger partial charge in [0.15, 0.2) is 11.6 Å². The first kappa shape index (κ1) is 44.4. The molecule has 2 N–H and O–H groups in total. The van der Waals surface area contributed by atoms with Crippen LogP contribution in [-0.2, 0) is 24.4 Å². The molecule has 3 amide bonds. The molecule has 58 heavy (non-hydrogen) atoms. The van der Waals surface area contributed by atoms with Gasteiger partial charge >= 0.3 is 0 Å². The number of fused-ring (bicyclic) bond motifs is 1. The molecule has 0 spiro atoms. The van der Waals surface area contributed by atoms with Crippen LogP contribution in [0.15, 0.2) is 54.6 Å². The van der Waals surface area contributed by atoms with Crippen molar-refractivity contribution in [3.8, 4) is 28.6 Å². The van der Waals surface area contributed by atoms with Crippen molar-refractivity contribution in [2.45, 2.75) is 129 Å². The Labute approximate surface area is 342 Å². The highest BCUT2D eigenvalue weighted by atomic mass is 32.2. The lowest BCUT2D eigenvalue weighted by atomic mass is 9.95. The molecule has 14 heteroatoms. The number of nitrogens with zero attached hydrogens (tertiary/aromatic N) is 2. The Balaban J connectivity index is 1.46. The largest absolute Gasteiger partial charge is 0.497 e. The molecular formula is C44H59FN4O8S. The first-order chi connectivity index (χ1) is 27.4. The quantitative estimate of drug-likeness (QED) is 0.117. The third-order valence-electron chi connectivity index (χ3n) is 10.6. The Morgan fingerprint density at radius 3 is 2.43 bits per heavy atom. The molecule has 1 aliphatic carbocycles. The number of hydrogen-bond acceptors (Lipinski definition) is 9. The topological polar surface area (TPSA) is 153 Å². The van der Waals surface area contributed by atoms with Crippen molar-refractivity contribution in [3.05, 3.63) is 60.4 Å². The Bertz CT molecular complexity index is 2100. The van der Waals surface area contributed by atoms with Gasteiger partial charge in [0.25, 0.3) is 5.91 Å². The van der Waals surface area contributed by atoms with Gasteiger partial charge in [0, 0.05) is 23.8 Å². The zero-order chi connectivity index (χ0) is 42.4. The standard InChI is InChI=1S/C44H59FN4O8S/c1-9-10-11-12-13-36(41(51)48-58(53,54)44(7)18-19-44)46-42(52)38-25-33(26-49(38)40(50)21-29(6)20-27(2)3)57-43-34-16-15-32(55-8)22-31(34)24-37(47-43)30-14-17-39(35(45)23-30)56-28(4)5/h10-11,14-17,22-24,27-29,33,36,38H,9,12-13,18-21,25-26H2,1-8H3,(H,46,52)(H,48,51)/b11-10-. The fourth-order valence-electron chi connectivity index (χ4n) is 7.30. The van der Waals surface area contributed by atoms with E-state index in [0.29, 0.717) is 53.0 Å². The minimum atomic E-state index is -3.96. The summed E-state index contributed by atoms with van der Waals surface area (Å²) < 4.78 is 60.1. The van der Waals surface area contributed by atoms with Crippen LogP contribution in [-0.4, -0.2) is 78.7 Å². The number of carbonyl (C=O) groups excluding carboxylic acids is 3.